The van der Waals surface area contributed by atoms with Crippen LogP contribution in [0.5, 0.6) is 0 Å². The van der Waals surface area contributed by atoms with Crippen molar-refractivity contribution in [1.29, 1.82) is 0 Å². The van der Waals surface area contributed by atoms with Crippen molar-refractivity contribution in [3.8, 4) is 11.3 Å². The molecule has 1 aromatic heterocycles. The Morgan fingerprint density at radius 3 is 2.33 bits per heavy atom. The van der Waals surface area contributed by atoms with Crippen LogP contribution in [0, 0.1) is 5.82 Å². The van der Waals surface area contributed by atoms with Crippen molar-refractivity contribution in [3.05, 3.63) is 53.7 Å². The van der Waals surface area contributed by atoms with Crippen molar-refractivity contribution in [1.82, 2.24) is 14.9 Å². The molecule has 10 heteroatoms. The number of allylic oxidation sites excluding steroid dienone is 1. The van der Waals surface area contributed by atoms with Crippen LogP contribution in [-0.2, 0) is 0 Å². The maximum Gasteiger partial charge on any atom is 0.431 e. The second-order valence-corrected chi connectivity index (χ2v) is 6.82. The van der Waals surface area contributed by atoms with E-state index in [0.717, 1.165) is 11.8 Å². The van der Waals surface area contributed by atoms with Crippen molar-refractivity contribution < 1.29 is 17.6 Å². The van der Waals surface area contributed by atoms with E-state index in [-0.39, 0.29) is 17.9 Å². The topological polar surface area (TPSA) is 70.6 Å². The quantitative estimate of drug-likeness (QED) is 0.593. The lowest BCUT2D eigenvalue weighted by atomic mass is 10.1. The Labute approximate surface area is 171 Å². The molecule has 0 radical (unpaired) electrons. The standard InChI is InChI=1S/C20H22F4N6/c1-26-12-15(18(25)20(22,23)24)13-29-8-10-30(11-9-29)19-17(27-6-7-28-19)14-2-4-16(21)5-3-14/h2-7,12H,8-11,13,25H2,1H3. The van der Waals surface area contributed by atoms with E-state index in [1.165, 1.54) is 19.2 Å². The van der Waals surface area contributed by atoms with Gasteiger partial charge in [-0.05, 0) is 24.3 Å². The van der Waals surface area contributed by atoms with E-state index in [1.54, 1.807) is 24.5 Å². The van der Waals surface area contributed by atoms with Crippen LogP contribution in [0.3, 0.4) is 0 Å². The minimum Gasteiger partial charge on any atom is -0.394 e. The molecule has 0 spiro atoms. The van der Waals surface area contributed by atoms with Crippen molar-refractivity contribution in [2.45, 2.75) is 6.18 Å². The fraction of sp³-hybridized carbons (Fsp3) is 0.350. The van der Waals surface area contributed by atoms with Gasteiger partial charge in [-0.25, -0.2) is 9.37 Å². The molecule has 2 aromatic rings. The molecule has 1 saturated heterocycles. The molecule has 1 fully saturated rings. The van der Waals surface area contributed by atoms with Crippen LogP contribution in [0.15, 0.2) is 52.9 Å². The minimum atomic E-state index is -4.60. The number of rotatable bonds is 5. The first kappa shape index (κ1) is 21.7. The van der Waals surface area contributed by atoms with Gasteiger partial charge in [0.15, 0.2) is 5.82 Å². The van der Waals surface area contributed by atoms with Gasteiger partial charge in [0, 0.05) is 69.5 Å². The average molecular weight is 422 g/mol. The summed E-state index contributed by atoms with van der Waals surface area (Å²) in [5.74, 6) is 0.319. The number of nitrogens with zero attached hydrogens (tertiary/aromatic N) is 5. The lowest BCUT2D eigenvalue weighted by Gasteiger charge is -2.36. The molecule has 0 atom stereocenters. The molecule has 160 valence electrons. The third-order valence-corrected chi connectivity index (χ3v) is 4.80. The molecule has 1 aliphatic rings. The number of anilines is 1. The predicted octanol–water partition coefficient (Wildman–Crippen LogP) is 2.88. The second-order valence-electron chi connectivity index (χ2n) is 6.82. The summed E-state index contributed by atoms with van der Waals surface area (Å²) in [5, 5.41) is 0. The van der Waals surface area contributed by atoms with E-state index < -0.39 is 11.9 Å². The summed E-state index contributed by atoms with van der Waals surface area (Å²) in [6.45, 7) is 2.20. The van der Waals surface area contributed by atoms with Gasteiger partial charge in [-0.15, -0.1) is 0 Å². The van der Waals surface area contributed by atoms with Gasteiger partial charge in [0.1, 0.15) is 17.2 Å². The monoisotopic (exact) mass is 422 g/mol. The molecule has 1 aromatic carbocycles. The Kier molecular flexibility index (Phi) is 6.66. The lowest BCUT2D eigenvalue weighted by Crippen LogP contribution is -2.48. The highest BCUT2D eigenvalue weighted by molar-refractivity contribution is 5.80. The summed E-state index contributed by atoms with van der Waals surface area (Å²) < 4.78 is 52.2. The van der Waals surface area contributed by atoms with E-state index >= 15 is 0 Å². The molecular formula is C20H22F4N6. The molecule has 6 nitrogen and oxygen atoms in total. The van der Waals surface area contributed by atoms with Crippen molar-refractivity contribution >= 4 is 12.0 Å². The van der Waals surface area contributed by atoms with Crippen LogP contribution in [0.1, 0.15) is 0 Å². The zero-order valence-corrected chi connectivity index (χ0v) is 16.4. The number of alkyl halides is 3. The molecule has 1 aliphatic heterocycles. The third-order valence-electron chi connectivity index (χ3n) is 4.80. The Morgan fingerprint density at radius 2 is 1.73 bits per heavy atom. The summed E-state index contributed by atoms with van der Waals surface area (Å²) >= 11 is 0. The highest BCUT2D eigenvalue weighted by Gasteiger charge is 2.34. The van der Waals surface area contributed by atoms with Gasteiger partial charge in [0.2, 0.25) is 0 Å². The predicted molar refractivity (Wildman–Crippen MR) is 108 cm³/mol. The number of halogens is 4. The highest BCUT2D eigenvalue weighted by Crippen LogP contribution is 2.28. The molecular weight excluding hydrogens is 400 g/mol. The number of aliphatic imine (C=N–C) groups is 1. The number of benzene rings is 1. The summed E-state index contributed by atoms with van der Waals surface area (Å²) in [7, 11) is 1.41. The molecule has 2 heterocycles. The first-order chi connectivity index (χ1) is 14.3. The molecule has 0 aliphatic carbocycles. The highest BCUT2D eigenvalue weighted by atomic mass is 19.4. The van der Waals surface area contributed by atoms with Crippen LogP contribution in [0.2, 0.25) is 0 Å². The Morgan fingerprint density at radius 1 is 1.10 bits per heavy atom. The van der Waals surface area contributed by atoms with E-state index in [1.807, 2.05) is 9.80 Å². The van der Waals surface area contributed by atoms with E-state index in [9.17, 15) is 17.6 Å². The molecule has 0 unspecified atom stereocenters. The van der Waals surface area contributed by atoms with Crippen LogP contribution < -0.4 is 10.6 Å². The van der Waals surface area contributed by atoms with Crippen LogP contribution in [-0.4, -0.2) is 67.0 Å². The molecule has 0 saturated carbocycles. The van der Waals surface area contributed by atoms with Gasteiger partial charge in [0.25, 0.3) is 0 Å². The second kappa shape index (κ2) is 9.21. The number of nitrogens with two attached hydrogens (primary N) is 1. The Balaban J connectivity index is 1.73. The van der Waals surface area contributed by atoms with Crippen LogP contribution >= 0.6 is 0 Å². The van der Waals surface area contributed by atoms with Crippen LogP contribution in [0.25, 0.3) is 11.3 Å². The Bertz CT molecular complexity index is 916. The fourth-order valence-corrected chi connectivity index (χ4v) is 3.27. The minimum absolute atomic E-state index is 0.0510. The van der Waals surface area contributed by atoms with Gasteiger partial charge in [0.05, 0.1) is 0 Å². The van der Waals surface area contributed by atoms with Gasteiger partial charge in [-0.3, -0.25) is 14.9 Å². The summed E-state index contributed by atoms with van der Waals surface area (Å²) in [4.78, 5) is 16.4. The van der Waals surface area contributed by atoms with Crippen molar-refractivity contribution in [3.63, 3.8) is 0 Å². The van der Waals surface area contributed by atoms with Gasteiger partial charge in [-0.2, -0.15) is 13.2 Å². The van der Waals surface area contributed by atoms with Gasteiger partial charge in [-0.1, -0.05) is 0 Å². The molecule has 30 heavy (non-hydrogen) atoms. The average Bonchev–Trinajstić information content (AvgIpc) is 2.73. The maximum atomic E-state index is 13.2. The number of hydrogen-bond acceptors (Lipinski definition) is 6. The molecule has 2 N–H and O–H groups in total. The fourth-order valence-electron chi connectivity index (χ4n) is 3.27. The normalized spacial score (nSPS) is 16.8. The summed E-state index contributed by atoms with van der Waals surface area (Å²) in [6, 6.07) is 6.00. The number of piperazine rings is 1. The van der Waals surface area contributed by atoms with E-state index in [0.29, 0.717) is 37.7 Å². The molecule has 0 bridgehead atoms. The molecule has 3 rings (SSSR count). The van der Waals surface area contributed by atoms with Gasteiger partial charge < -0.3 is 10.6 Å². The van der Waals surface area contributed by atoms with Crippen molar-refractivity contribution in [2.75, 3.05) is 44.7 Å². The van der Waals surface area contributed by atoms with E-state index in [4.69, 9.17) is 5.73 Å². The first-order valence-electron chi connectivity index (χ1n) is 9.32. The number of hydrogen-bond donors (Lipinski definition) is 1. The SMILES string of the molecule is CN=CC(CN1CCN(c2nccnc2-c2ccc(F)cc2)CC1)=C(N)C(F)(F)F. The van der Waals surface area contributed by atoms with Crippen molar-refractivity contribution in [2.24, 2.45) is 10.7 Å². The molecule has 0 amide bonds. The van der Waals surface area contributed by atoms with Gasteiger partial charge >= 0.3 is 6.18 Å². The third kappa shape index (κ3) is 5.12. The lowest BCUT2D eigenvalue weighted by molar-refractivity contribution is -0.0933. The smallest absolute Gasteiger partial charge is 0.394 e. The van der Waals surface area contributed by atoms with Crippen LogP contribution in [0.4, 0.5) is 23.4 Å². The largest absolute Gasteiger partial charge is 0.431 e. The van der Waals surface area contributed by atoms with E-state index in [2.05, 4.69) is 15.0 Å². The summed E-state index contributed by atoms with van der Waals surface area (Å²) in [6.07, 6.45) is -0.288. The first-order valence-corrected chi connectivity index (χ1v) is 9.32. The number of aromatic nitrogens is 2. The zero-order chi connectivity index (χ0) is 21.7. The summed E-state index contributed by atoms with van der Waals surface area (Å²) in [5.41, 5.74) is 5.49. The maximum absolute atomic E-state index is 13.2. The Hall–Kier alpha value is -3.01. The zero-order valence-electron chi connectivity index (χ0n) is 16.4.